The third-order valence-corrected chi connectivity index (χ3v) is 4.56. The second kappa shape index (κ2) is 7.49. The van der Waals surface area contributed by atoms with Crippen molar-refractivity contribution < 1.29 is 9.59 Å². The smallest absolute Gasteiger partial charge is 0.322 e. The lowest BCUT2D eigenvalue weighted by molar-refractivity contribution is -0.115. The van der Waals surface area contributed by atoms with Crippen LogP contribution < -0.4 is 10.6 Å². The van der Waals surface area contributed by atoms with Gasteiger partial charge in [-0.2, -0.15) is 0 Å². The van der Waals surface area contributed by atoms with E-state index < -0.39 is 0 Å². The van der Waals surface area contributed by atoms with E-state index in [0.717, 1.165) is 36.2 Å². The average molecular weight is 317 g/mol. The zero-order valence-electron chi connectivity index (χ0n) is 14.5. The van der Waals surface area contributed by atoms with Crippen molar-refractivity contribution in [2.75, 3.05) is 10.6 Å². The molecule has 1 saturated heterocycles. The van der Waals surface area contributed by atoms with E-state index in [1.807, 2.05) is 36.9 Å². The summed E-state index contributed by atoms with van der Waals surface area (Å²) < 4.78 is 0. The van der Waals surface area contributed by atoms with Gasteiger partial charge < -0.3 is 15.5 Å². The van der Waals surface area contributed by atoms with Crippen LogP contribution in [-0.2, 0) is 4.79 Å². The molecule has 126 valence electrons. The molecule has 2 rings (SSSR count). The molecule has 1 aromatic rings. The summed E-state index contributed by atoms with van der Waals surface area (Å²) in [5.41, 5.74) is 2.48. The van der Waals surface area contributed by atoms with Gasteiger partial charge in [-0.1, -0.05) is 13.8 Å². The number of aryl methyl sites for hydroxylation is 1. The number of amides is 3. The summed E-state index contributed by atoms with van der Waals surface area (Å²) in [5.74, 6) is -0.0124. The molecule has 3 amide bonds. The van der Waals surface area contributed by atoms with Crippen molar-refractivity contribution in [3.05, 3.63) is 23.8 Å². The monoisotopic (exact) mass is 317 g/mol. The molecule has 5 nitrogen and oxygen atoms in total. The van der Waals surface area contributed by atoms with Crippen LogP contribution in [0.15, 0.2) is 18.2 Å². The van der Waals surface area contributed by atoms with Crippen LogP contribution in [0.1, 0.15) is 52.0 Å². The minimum absolute atomic E-state index is 0.0124. The van der Waals surface area contributed by atoms with Crippen molar-refractivity contribution in [3.63, 3.8) is 0 Å². The lowest BCUT2D eigenvalue weighted by Gasteiger charge is -2.28. The van der Waals surface area contributed by atoms with E-state index in [2.05, 4.69) is 24.5 Å². The van der Waals surface area contributed by atoms with Gasteiger partial charge in [-0.3, -0.25) is 4.79 Å². The number of urea groups is 1. The zero-order chi connectivity index (χ0) is 17.0. The van der Waals surface area contributed by atoms with E-state index in [1.54, 1.807) is 0 Å². The maximum absolute atomic E-state index is 12.6. The second-order valence-corrected chi connectivity index (χ2v) is 6.26. The molecule has 1 fully saturated rings. The molecule has 2 N–H and O–H groups in total. The molecule has 5 heteroatoms. The molecule has 1 aliphatic heterocycles. The zero-order valence-corrected chi connectivity index (χ0v) is 14.5. The number of benzene rings is 1. The van der Waals surface area contributed by atoms with Crippen molar-refractivity contribution in [1.82, 2.24) is 4.90 Å². The summed E-state index contributed by atoms with van der Waals surface area (Å²) in [4.78, 5) is 26.0. The molecule has 1 aliphatic rings. The van der Waals surface area contributed by atoms with Gasteiger partial charge in [0.25, 0.3) is 0 Å². The van der Waals surface area contributed by atoms with E-state index in [0.29, 0.717) is 12.5 Å². The summed E-state index contributed by atoms with van der Waals surface area (Å²) in [5, 5.41) is 5.84. The van der Waals surface area contributed by atoms with Crippen LogP contribution >= 0.6 is 0 Å². The quantitative estimate of drug-likeness (QED) is 0.876. The molecular weight excluding hydrogens is 290 g/mol. The largest absolute Gasteiger partial charge is 0.326 e. The van der Waals surface area contributed by atoms with E-state index in [9.17, 15) is 9.59 Å². The number of likely N-dealkylation sites (tertiary alicyclic amines) is 1. The minimum Gasteiger partial charge on any atom is -0.326 e. The molecule has 0 spiro atoms. The summed E-state index contributed by atoms with van der Waals surface area (Å²) in [7, 11) is 0. The Morgan fingerprint density at radius 3 is 2.57 bits per heavy atom. The maximum Gasteiger partial charge on any atom is 0.322 e. The molecule has 2 atom stereocenters. The van der Waals surface area contributed by atoms with E-state index >= 15 is 0 Å². The number of hydrogen-bond acceptors (Lipinski definition) is 2. The highest BCUT2D eigenvalue weighted by atomic mass is 16.2. The van der Waals surface area contributed by atoms with Crippen LogP contribution in [0.25, 0.3) is 0 Å². The molecule has 0 radical (unpaired) electrons. The standard InChI is InChI=1S/C18H27N3O2/c1-5-15-9-7-13(4)21(15)18(23)19-14-8-10-16(12(3)11-14)20-17(22)6-2/h8,10-11,13,15H,5-7,9H2,1-4H3,(H,19,23)(H,20,22)/t13-,15+/m0/s1. The van der Waals surface area contributed by atoms with E-state index in [-0.39, 0.29) is 18.0 Å². The highest BCUT2D eigenvalue weighted by Crippen LogP contribution is 2.27. The number of anilines is 2. The Labute approximate surface area is 138 Å². The van der Waals surface area contributed by atoms with Crippen molar-refractivity contribution in [2.24, 2.45) is 0 Å². The molecule has 0 saturated carbocycles. The lowest BCUT2D eigenvalue weighted by atomic mass is 10.1. The fraction of sp³-hybridized carbons (Fsp3) is 0.556. The number of rotatable bonds is 4. The average Bonchev–Trinajstić information content (AvgIpc) is 2.90. The third-order valence-electron chi connectivity index (χ3n) is 4.56. The van der Waals surface area contributed by atoms with Crippen LogP contribution in [0.4, 0.5) is 16.2 Å². The Morgan fingerprint density at radius 1 is 1.22 bits per heavy atom. The number of nitrogens with zero attached hydrogens (tertiary/aromatic N) is 1. The predicted molar refractivity (Wildman–Crippen MR) is 93.7 cm³/mol. The first-order valence-corrected chi connectivity index (χ1v) is 8.46. The molecular formula is C18H27N3O2. The summed E-state index contributed by atoms with van der Waals surface area (Å²) >= 11 is 0. The SMILES string of the molecule is CCC(=O)Nc1ccc(NC(=O)N2[C@H](CC)CC[C@@H]2C)cc1C. The topological polar surface area (TPSA) is 61.4 Å². The number of carbonyl (C=O) groups is 2. The lowest BCUT2D eigenvalue weighted by Crippen LogP contribution is -2.42. The van der Waals surface area contributed by atoms with Gasteiger partial charge in [0.05, 0.1) is 0 Å². The van der Waals surface area contributed by atoms with Crippen LogP contribution in [0.2, 0.25) is 0 Å². The van der Waals surface area contributed by atoms with Crippen molar-refractivity contribution >= 4 is 23.3 Å². The summed E-state index contributed by atoms with van der Waals surface area (Å²) in [6.45, 7) is 7.97. The fourth-order valence-corrected chi connectivity index (χ4v) is 3.15. The molecule has 1 aromatic carbocycles. The first-order valence-electron chi connectivity index (χ1n) is 8.46. The Hall–Kier alpha value is -2.04. The number of carbonyl (C=O) groups excluding carboxylic acids is 2. The van der Waals surface area contributed by atoms with Gasteiger partial charge in [0.15, 0.2) is 0 Å². The fourth-order valence-electron chi connectivity index (χ4n) is 3.15. The van der Waals surface area contributed by atoms with Crippen LogP contribution in [-0.4, -0.2) is 28.9 Å². The third kappa shape index (κ3) is 4.03. The van der Waals surface area contributed by atoms with Gasteiger partial charge in [0.2, 0.25) is 5.91 Å². The normalized spacial score (nSPS) is 20.4. The summed E-state index contributed by atoms with van der Waals surface area (Å²) in [6, 6.07) is 6.14. The molecule has 0 aromatic heterocycles. The first-order chi connectivity index (χ1) is 11.0. The van der Waals surface area contributed by atoms with Gasteiger partial charge in [-0.05, 0) is 56.9 Å². The van der Waals surface area contributed by atoms with Gasteiger partial charge in [-0.15, -0.1) is 0 Å². The Morgan fingerprint density at radius 2 is 1.96 bits per heavy atom. The van der Waals surface area contributed by atoms with Crippen LogP contribution in [0, 0.1) is 6.92 Å². The first kappa shape index (κ1) is 17.3. The molecule has 0 aliphatic carbocycles. The minimum atomic E-state index is -0.0356. The van der Waals surface area contributed by atoms with E-state index in [4.69, 9.17) is 0 Å². The Balaban J connectivity index is 2.06. The summed E-state index contributed by atoms with van der Waals surface area (Å²) in [6.07, 6.45) is 3.57. The van der Waals surface area contributed by atoms with Gasteiger partial charge >= 0.3 is 6.03 Å². The Kier molecular flexibility index (Phi) is 5.64. The van der Waals surface area contributed by atoms with Crippen LogP contribution in [0.3, 0.4) is 0 Å². The molecule has 23 heavy (non-hydrogen) atoms. The second-order valence-electron chi connectivity index (χ2n) is 6.26. The highest BCUT2D eigenvalue weighted by molar-refractivity contribution is 5.93. The van der Waals surface area contributed by atoms with Gasteiger partial charge in [0.1, 0.15) is 0 Å². The van der Waals surface area contributed by atoms with E-state index in [1.165, 1.54) is 0 Å². The van der Waals surface area contributed by atoms with Crippen molar-refractivity contribution in [1.29, 1.82) is 0 Å². The van der Waals surface area contributed by atoms with Crippen molar-refractivity contribution in [2.45, 2.75) is 65.5 Å². The maximum atomic E-state index is 12.6. The van der Waals surface area contributed by atoms with Crippen LogP contribution in [0.5, 0.6) is 0 Å². The molecule has 0 unspecified atom stereocenters. The Bertz CT molecular complexity index is 586. The van der Waals surface area contributed by atoms with Gasteiger partial charge in [0, 0.05) is 29.9 Å². The van der Waals surface area contributed by atoms with Crippen molar-refractivity contribution in [3.8, 4) is 0 Å². The highest BCUT2D eigenvalue weighted by Gasteiger charge is 2.33. The molecule has 1 heterocycles. The molecule has 0 bridgehead atoms. The van der Waals surface area contributed by atoms with Gasteiger partial charge in [-0.25, -0.2) is 4.79 Å². The number of nitrogens with one attached hydrogen (secondary N) is 2. The predicted octanol–water partition coefficient (Wildman–Crippen LogP) is 4.14. The number of hydrogen-bond donors (Lipinski definition) is 2.